The first-order valence-corrected chi connectivity index (χ1v) is 5.34. The summed E-state index contributed by atoms with van der Waals surface area (Å²) in [6, 6.07) is 0. The van der Waals surface area contributed by atoms with Gasteiger partial charge in [0.15, 0.2) is 0 Å². The Morgan fingerprint density at radius 3 is 2.50 bits per heavy atom. The third-order valence-corrected chi connectivity index (χ3v) is 3.27. The van der Waals surface area contributed by atoms with Crippen molar-refractivity contribution in [1.82, 2.24) is 4.67 Å². The predicted octanol–water partition coefficient (Wildman–Crippen LogP) is 0.914. The van der Waals surface area contributed by atoms with Crippen molar-refractivity contribution in [1.29, 1.82) is 0 Å². The fourth-order valence-electron chi connectivity index (χ4n) is 1.34. The number of hydrogen-bond donors (Lipinski definition) is 1. The van der Waals surface area contributed by atoms with E-state index in [0.29, 0.717) is 12.5 Å². The molecule has 3 heteroatoms. The van der Waals surface area contributed by atoms with Crippen molar-refractivity contribution in [3.8, 4) is 0 Å². The Balaban J connectivity index is 2.17. The van der Waals surface area contributed by atoms with Gasteiger partial charge in [0.2, 0.25) is 0 Å². The van der Waals surface area contributed by atoms with E-state index in [2.05, 4.69) is 11.3 Å². The second kappa shape index (κ2) is 4.27. The Hall–Kier alpha value is 0.350. The molecule has 1 unspecified atom stereocenters. The van der Waals surface area contributed by atoms with Crippen molar-refractivity contribution < 1.29 is 5.11 Å². The maximum absolute atomic E-state index is 8.83. The molecule has 0 aromatic rings. The summed E-state index contributed by atoms with van der Waals surface area (Å²) >= 11 is 0. The van der Waals surface area contributed by atoms with Crippen LogP contribution < -0.4 is 0 Å². The summed E-state index contributed by atoms with van der Waals surface area (Å²) in [5.41, 5.74) is 0. The van der Waals surface area contributed by atoms with Crippen LogP contribution in [0.15, 0.2) is 0 Å². The molecule has 0 amide bonds. The zero-order valence-corrected chi connectivity index (χ0v) is 7.51. The van der Waals surface area contributed by atoms with Gasteiger partial charge in [-0.05, 0) is 25.4 Å². The van der Waals surface area contributed by atoms with Crippen molar-refractivity contribution in [2.45, 2.75) is 12.8 Å². The monoisotopic (exact) mass is 161 g/mol. The van der Waals surface area contributed by atoms with E-state index < -0.39 is 0 Å². The zero-order valence-electron chi connectivity index (χ0n) is 6.51. The standard InChI is InChI=1S/C7H16NOP/c1-10-8-4-2-7(6-9)3-5-8/h7,9-10H,2-6H2,1H3. The summed E-state index contributed by atoms with van der Waals surface area (Å²) < 4.78 is 2.46. The highest BCUT2D eigenvalue weighted by Crippen LogP contribution is 2.23. The Bertz CT molecular complexity index is 79.6. The van der Waals surface area contributed by atoms with Crippen molar-refractivity contribution in [2.75, 3.05) is 26.4 Å². The van der Waals surface area contributed by atoms with Crippen LogP contribution in [-0.4, -0.2) is 36.1 Å². The van der Waals surface area contributed by atoms with Gasteiger partial charge >= 0.3 is 0 Å². The molecule has 0 radical (unpaired) electrons. The van der Waals surface area contributed by atoms with E-state index >= 15 is 0 Å². The largest absolute Gasteiger partial charge is 0.396 e. The molecule has 2 nitrogen and oxygen atoms in total. The minimum atomic E-state index is 0.390. The highest BCUT2D eigenvalue weighted by molar-refractivity contribution is 7.34. The van der Waals surface area contributed by atoms with Crippen LogP contribution in [0.25, 0.3) is 0 Å². The molecular formula is C7H16NOP. The molecule has 1 aliphatic rings. The molecule has 0 bridgehead atoms. The minimum absolute atomic E-state index is 0.390. The van der Waals surface area contributed by atoms with Crippen LogP contribution in [0.4, 0.5) is 0 Å². The van der Waals surface area contributed by atoms with Crippen LogP contribution in [0.5, 0.6) is 0 Å². The topological polar surface area (TPSA) is 23.5 Å². The molecule has 1 atom stereocenters. The first kappa shape index (κ1) is 8.45. The van der Waals surface area contributed by atoms with Crippen LogP contribution in [0.2, 0.25) is 0 Å². The molecule has 1 fully saturated rings. The molecule has 1 heterocycles. The second-order valence-corrected chi connectivity index (χ2v) is 3.92. The second-order valence-electron chi connectivity index (χ2n) is 2.84. The number of hydrogen-bond acceptors (Lipinski definition) is 2. The van der Waals surface area contributed by atoms with E-state index in [1.807, 2.05) is 0 Å². The van der Waals surface area contributed by atoms with Gasteiger partial charge in [0, 0.05) is 19.7 Å². The average Bonchev–Trinajstić information content (AvgIpc) is 2.05. The van der Waals surface area contributed by atoms with E-state index in [1.165, 1.54) is 25.9 Å². The lowest BCUT2D eigenvalue weighted by Crippen LogP contribution is -2.28. The van der Waals surface area contributed by atoms with Crippen molar-refractivity contribution >= 4 is 8.73 Å². The van der Waals surface area contributed by atoms with E-state index in [-0.39, 0.29) is 0 Å². The molecular weight excluding hydrogens is 145 g/mol. The van der Waals surface area contributed by atoms with Crippen LogP contribution in [0, 0.1) is 5.92 Å². The molecule has 1 saturated heterocycles. The summed E-state index contributed by atoms with van der Waals surface area (Å²) in [6.07, 6.45) is 2.38. The normalized spacial score (nSPS) is 24.6. The summed E-state index contributed by atoms with van der Waals surface area (Å²) in [6.45, 7) is 5.00. The first-order valence-electron chi connectivity index (χ1n) is 3.90. The van der Waals surface area contributed by atoms with Crippen molar-refractivity contribution in [3.63, 3.8) is 0 Å². The molecule has 0 aliphatic carbocycles. The van der Waals surface area contributed by atoms with Crippen LogP contribution >= 0.6 is 8.73 Å². The average molecular weight is 161 g/mol. The van der Waals surface area contributed by atoms with Gasteiger partial charge in [0.25, 0.3) is 0 Å². The Morgan fingerprint density at radius 1 is 1.50 bits per heavy atom. The summed E-state index contributed by atoms with van der Waals surface area (Å²) in [5.74, 6) is 0.590. The molecule has 0 aromatic carbocycles. The summed E-state index contributed by atoms with van der Waals surface area (Å²) in [7, 11) is 0.950. The van der Waals surface area contributed by atoms with Gasteiger partial charge < -0.3 is 5.11 Å². The maximum atomic E-state index is 8.83. The number of rotatable bonds is 2. The van der Waals surface area contributed by atoms with E-state index in [4.69, 9.17) is 5.11 Å². The fourth-order valence-corrected chi connectivity index (χ4v) is 2.04. The van der Waals surface area contributed by atoms with Gasteiger partial charge in [-0.2, -0.15) is 0 Å². The van der Waals surface area contributed by atoms with Gasteiger partial charge in [-0.15, -0.1) is 0 Å². The molecule has 10 heavy (non-hydrogen) atoms. The molecule has 1 N–H and O–H groups in total. The number of piperidine rings is 1. The van der Waals surface area contributed by atoms with Gasteiger partial charge in [-0.25, -0.2) is 0 Å². The third-order valence-electron chi connectivity index (χ3n) is 2.19. The predicted molar refractivity (Wildman–Crippen MR) is 45.6 cm³/mol. The highest BCUT2D eigenvalue weighted by Gasteiger charge is 2.16. The smallest absolute Gasteiger partial charge is 0.0460 e. The summed E-state index contributed by atoms with van der Waals surface area (Å²) in [5, 5.41) is 8.83. The zero-order chi connectivity index (χ0) is 7.40. The van der Waals surface area contributed by atoms with Gasteiger partial charge in [0.1, 0.15) is 0 Å². The van der Waals surface area contributed by atoms with Gasteiger partial charge in [0.05, 0.1) is 0 Å². The van der Waals surface area contributed by atoms with E-state index in [9.17, 15) is 0 Å². The molecule has 0 spiro atoms. The summed E-state index contributed by atoms with van der Waals surface area (Å²) in [4.78, 5) is 0. The van der Waals surface area contributed by atoms with Gasteiger partial charge in [-0.3, -0.25) is 4.67 Å². The van der Waals surface area contributed by atoms with Crippen LogP contribution in [0.1, 0.15) is 12.8 Å². The third kappa shape index (κ3) is 2.19. The Morgan fingerprint density at radius 2 is 2.10 bits per heavy atom. The maximum Gasteiger partial charge on any atom is 0.0460 e. The Kier molecular flexibility index (Phi) is 3.61. The van der Waals surface area contributed by atoms with Crippen LogP contribution in [0.3, 0.4) is 0 Å². The number of aliphatic hydroxyl groups excluding tert-OH is 1. The number of nitrogens with zero attached hydrogens (tertiary/aromatic N) is 1. The minimum Gasteiger partial charge on any atom is -0.396 e. The van der Waals surface area contributed by atoms with Crippen molar-refractivity contribution in [3.05, 3.63) is 0 Å². The first-order chi connectivity index (χ1) is 4.86. The van der Waals surface area contributed by atoms with Crippen LogP contribution in [-0.2, 0) is 0 Å². The SMILES string of the molecule is CPN1CCC(CO)CC1. The fraction of sp³-hybridized carbons (Fsp3) is 1.00. The molecule has 0 aromatic heterocycles. The van der Waals surface area contributed by atoms with Gasteiger partial charge in [-0.1, -0.05) is 8.73 Å². The lowest BCUT2D eigenvalue weighted by molar-refractivity contribution is 0.173. The lowest BCUT2D eigenvalue weighted by atomic mass is 10.00. The van der Waals surface area contributed by atoms with E-state index in [0.717, 1.165) is 8.73 Å². The highest BCUT2D eigenvalue weighted by atomic mass is 31.1. The molecule has 0 saturated carbocycles. The Labute approximate surface area is 64.4 Å². The van der Waals surface area contributed by atoms with E-state index in [1.54, 1.807) is 0 Å². The molecule has 1 rings (SSSR count). The van der Waals surface area contributed by atoms with Crippen molar-refractivity contribution in [2.24, 2.45) is 5.92 Å². The quantitative estimate of drug-likeness (QED) is 0.608. The molecule has 1 aliphatic heterocycles. The lowest BCUT2D eigenvalue weighted by Gasteiger charge is -2.29. The molecule has 60 valence electrons. The number of aliphatic hydroxyl groups is 1.